The van der Waals surface area contributed by atoms with Crippen molar-refractivity contribution in [2.45, 2.75) is 34.1 Å². The second-order valence-corrected chi connectivity index (χ2v) is 7.25. The Morgan fingerprint density at radius 1 is 1.08 bits per heavy atom. The Morgan fingerprint density at radius 2 is 1.69 bits per heavy atom. The highest BCUT2D eigenvalue weighted by Gasteiger charge is 2.09. The number of nitrogens with one attached hydrogen (secondary N) is 2. The minimum atomic E-state index is -0.249. The largest absolute Gasteiger partial charge is 0.494 e. The molecule has 0 unspecified atom stereocenters. The van der Waals surface area contributed by atoms with Gasteiger partial charge in [0, 0.05) is 11.3 Å². The van der Waals surface area contributed by atoms with Crippen molar-refractivity contribution in [3.63, 3.8) is 0 Å². The van der Waals surface area contributed by atoms with E-state index in [2.05, 4.69) is 30.5 Å². The van der Waals surface area contributed by atoms with E-state index in [-0.39, 0.29) is 11.0 Å². The summed E-state index contributed by atoms with van der Waals surface area (Å²) in [4.78, 5) is 12.3. The zero-order valence-electron chi connectivity index (χ0n) is 15.8. The van der Waals surface area contributed by atoms with Gasteiger partial charge in [0.05, 0.1) is 6.61 Å². The summed E-state index contributed by atoms with van der Waals surface area (Å²) in [5.74, 6) is 1.12. The molecule has 138 valence electrons. The van der Waals surface area contributed by atoms with Crippen molar-refractivity contribution in [3.8, 4) is 5.75 Å². The topological polar surface area (TPSA) is 50.4 Å². The molecule has 0 atom stereocenters. The highest BCUT2D eigenvalue weighted by molar-refractivity contribution is 7.80. The van der Waals surface area contributed by atoms with Crippen LogP contribution in [0.2, 0.25) is 0 Å². The average molecular weight is 371 g/mol. The van der Waals surface area contributed by atoms with Gasteiger partial charge >= 0.3 is 0 Å². The highest BCUT2D eigenvalue weighted by Crippen LogP contribution is 2.15. The Kier molecular flexibility index (Phi) is 7.16. The first kappa shape index (κ1) is 19.9. The normalized spacial score (nSPS) is 10.5. The van der Waals surface area contributed by atoms with Crippen LogP contribution in [0.25, 0.3) is 0 Å². The number of aryl methyl sites for hydroxylation is 2. The summed E-state index contributed by atoms with van der Waals surface area (Å²) in [6.45, 7) is 9.03. The molecule has 2 aromatic rings. The van der Waals surface area contributed by atoms with Gasteiger partial charge in [-0.15, -0.1) is 0 Å². The molecule has 0 spiro atoms. The van der Waals surface area contributed by atoms with Gasteiger partial charge in [-0.25, -0.2) is 0 Å². The van der Waals surface area contributed by atoms with Gasteiger partial charge in [-0.05, 0) is 85.9 Å². The van der Waals surface area contributed by atoms with Gasteiger partial charge in [0.1, 0.15) is 5.75 Å². The Bertz CT molecular complexity index is 750. The summed E-state index contributed by atoms with van der Waals surface area (Å²) in [6, 6.07) is 13.1. The van der Waals surface area contributed by atoms with Gasteiger partial charge in [-0.3, -0.25) is 10.1 Å². The Labute approximate surface area is 161 Å². The molecule has 4 nitrogen and oxygen atoms in total. The number of hydrogen-bond acceptors (Lipinski definition) is 3. The fraction of sp³-hybridized carbons (Fsp3) is 0.333. The van der Waals surface area contributed by atoms with Crippen LogP contribution < -0.4 is 15.4 Å². The van der Waals surface area contributed by atoms with Crippen LogP contribution in [0.3, 0.4) is 0 Å². The molecule has 0 aliphatic heterocycles. The molecule has 0 aromatic heterocycles. The van der Waals surface area contributed by atoms with Crippen LogP contribution in [0.15, 0.2) is 42.5 Å². The third-order valence-electron chi connectivity index (χ3n) is 3.79. The third kappa shape index (κ3) is 6.48. The minimum absolute atomic E-state index is 0.249. The fourth-order valence-corrected chi connectivity index (χ4v) is 2.71. The standard InChI is InChI=1S/C21H26N2O2S/c1-14(2)9-10-25-19-7-5-17(6-8-19)20(24)23-21(26)22-18-12-15(3)11-16(4)13-18/h5-8,11-14H,9-10H2,1-4H3,(H2,22,23,24,26). The number of rotatable bonds is 6. The van der Waals surface area contributed by atoms with Crippen molar-refractivity contribution in [3.05, 3.63) is 59.2 Å². The number of carbonyl (C=O) groups excluding carboxylic acids is 1. The monoisotopic (exact) mass is 370 g/mol. The number of benzene rings is 2. The first-order valence-electron chi connectivity index (χ1n) is 8.77. The number of amides is 1. The zero-order valence-corrected chi connectivity index (χ0v) is 16.6. The maximum atomic E-state index is 12.3. The molecule has 5 heteroatoms. The molecule has 0 aliphatic rings. The number of hydrogen-bond donors (Lipinski definition) is 2. The van der Waals surface area contributed by atoms with Crippen molar-refractivity contribution in [2.75, 3.05) is 11.9 Å². The third-order valence-corrected chi connectivity index (χ3v) is 3.99. The quantitative estimate of drug-likeness (QED) is 0.713. The molecule has 0 aliphatic carbocycles. The second kappa shape index (κ2) is 9.34. The SMILES string of the molecule is Cc1cc(C)cc(NC(=S)NC(=O)c2ccc(OCCC(C)C)cc2)c1. The summed E-state index contributed by atoms with van der Waals surface area (Å²) in [5, 5.41) is 6.03. The average Bonchev–Trinajstić information content (AvgIpc) is 2.53. The van der Waals surface area contributed by atoms with Crippen molar-refractivity contribution in [1.82, 2.24) is 5.32 Å². The molecule has 2 N–H and O–H groups in total. The predicted molar refractivity (Wildman–Crippen MR) is 111 cm³/mol. The van der Waals surface area contributed by atoms with E-state index in [1.807, 2.05) is 26.0 Å². The second-order valence-electron chi connectivity index (χ2n) is 6.84. The van der Waals surface area contributed by atoms with Gasteiger partial charge in [-0.1, -0.05) is 19.9 Å². The lowest BCUT2D eigenvalue weighted by atomic mass is 10.1. The highest BCUT2D eigenvalue weighted by atomic mass is 32.1. The lowest BCUT2D eigenvalue weighted by molar-refractivity contribution is 0.0977. The molecule has 0 heterocycles. The van der Waals surface area contributed by atoms with Crippen molar-refractivity contribution in [2.24, 2.45) is 5.92 Å². The van der Waals surface area contributed by atoms with Gasteiger partial charge in [-0.2, -0.15) is 0 Å². The number of ether oxygens (including phenoxy) is 1. The van der Waals surface area contributed by atoms with E-state index in [9.17, 15) is 4.79 Å². The van der Waals surface area contributed by atoms with Gasteiger partial charge in [0.25, 0.3) is 5.91 Å². The fourth-order valence-electron chi connectivity index (χ4n) is 2.50. The predicted octanol–water partition coefficient (Wildman–Crippen LogP) is 4.86. The maximum Gasteiger partial charge on any atom is 0.257 e. The maximum absolute atomic E-state index is 12.3. The lowest BCUT2D eigenvalue weighted by Crippen LogP contribution is -2.34. The molecule has 0 radical (unpaired) electrons. The van der Waals surface area contributed by atoms with Crippen LogP contribution >= 0.6 is 12.2 Å². The van der Waals surface area contributed by atoms with Gasteiger partial charge in [0.15, 0.2) is 5.11 Å². The summed E-state index contributed by atoms with van der Waals surface area (Å²) in [7, 11) is 0. The van der Waals surface area contributed by atoms with E-state index in [1.54, 1.807) is 24.3 Å². The summed E-state index contributed by atoms with van der Waals surface area (Å²) < 4.78 is 5.66. The molecule has 0 fully saturated rings. The van der Waals surface area contributed by atoms with Crippen LogP contribution in [-0.2, 0) is 0 Å². The van der Waals surface area contributed by atoms with E-state index >= 15 is 0 Å². The molecule has 2 aromatic carbocycles. The Morgan fingerprint density at radius 3 is 2.27 bits per heavy atom. The van der Waals surface area contributed by atoms with Gasteiger partial charge < -0.3 is 10.1 Å². The molecular formula is C21H26N2O2S. The van der Waals surface area contributed by atoms with Crippen LogP contribution in [-0.4, -0.2) is 17.6 Å². The number of thiocarbonyl (C=S) groups is 1. The van der Waals surface area contributed by atoms with Crippen molar-refractivity contribution in [1.29, 1.82) is 0 Å². The van der Waals surface area contributed by atoms with E-state index < -0.39 is 0 Å². The summed E-state index contributed by atoms with van der Waals surface area (Å²) >= 11 is 5.24. The smallest absolute Gasteiger partial charge is 0.257 e. The molecule has 2 rings (SSSR count). The molecule has 26 heavy (non-hydrogen) atoms. The lowest BCUT2D eigenvalue weighted by Gasteiger charge is -2.12. The Hall–Kier alpha value is -2.40. The van der Waals surface area contributed by atoms with E-state index in [0.717, 1.165) is 29.0 Å². The van der Waals surface area contributed by atoms with Crippen LogP contribution in [0.1, 0.15) is 41.8 Å². The molecule has 0 saturated heterocycles. The zero-order chi connectivity index (χ0) is 19.1. The minimum Gasteiger partial charge on any atom is -0.494 e. The van der Waals surface area contributed by atoms with E-state index in [4.69, 9.17) is 17.0 Å². The number of carbonyl (C=O) groups is 1. The van der Waals surface area contributed by atoms with Crippen LogP contribution in [0.5, 0.6) is 5.75 Å². The summed E-state index contributed by atoms with van der Waals surface area (Å²) in [5.41, 5.74) is 3.66. The van der Waals surface area contributed by atoms with Gasteiger partial charge in [0.2, 0.25) is 0 Å². The van der Waals surface area contributed by atoms with E-state index in [0.29, 0.717) is 18.1 Å². The van der Waals surface area contributed by atoms with Crippen molar-refractivity contribution < 1.29 is 9.53 Å². The molecule has 1 amide bonds. The molecule has 0 saturated carbocycles. The Balaban J connectivity index is 1.89. The van der Waals surface area contributed by atoms with Crippen LogP contribution in [0, 0.1) is 19.8 Å². The molecule has 0 bridgehead atoms. The first-order chi connectivity index (χ1) is 12.3. The molecular weight excluding hydrogens is 344 g/mol. The van der Waals surface area contributed by atoms with E-state index in [1.165, 1.54) is 0 Å². The summed E-state index contributed by atoms with van der Waals surface area (Å²) in [6.07, 6.45) is 1.00. The first-order valence-corrected chi connectivity index (χ1v) is 9.18. The number of anilines is 1. The van der Waals surface area contributed by atoms with Crippen LogP contribution in [0.4, 0.5) is 5.69 Å². The van der Waals surface area contributed by atoms with Crippen molar-refractivity contribution >= 4 is 28.9 Å².